The van der Waals surface area contributed by atoms with Crippen molar-refractivity contribution < 1.29 is 0 Å². The average Bonchev–Trinajstić information content (AvgIpc) is 2.09. The molecule has 0 spiro atoms. The van der Waals surface area contributed by atoms with Gasteiger partial charge >= 0.3 is 0 Å². The van der Waals surface area contributed by atoms with E-state index in [1.807, 2.05) is 11.8 Å². The van der Waals surface area contributed by atoms with Crippen LogP contribution in [0.3, 0.4) is 0 Å². The minimum Gasteiger partial charge on any atom is -0.385 e. The second-order valence-corrected chi connectivity index (χ2v) is 3.49. The van der Waals surface area contributed by atoms with Crippen molar-refractivity contribution in [2.24, 2.45) is 0 Å². The van der Waals surface area contributed by atoms with Gasteiger partial charge in [-0.15, -0.1) is 0 Å². The first-order valence-electron chi connectivity index (χ1n) is 4.19. The summed E-state index contributed by atoms with van der Waals surface area (Å²) in [5.74, 6) is 1.09. The number of thioether (sulfide) groups is 1. The van der Waals surface area contributed by atoms with Gasteiger partial charge in [-0.1, -0.05) is 18.2 Å². The van der Waals surface area contributed by atoms with Crippen molar-refractivity contribution in [3.05, 3.63) is 29.8 Å². The van der Waals surface area contributed by atoms with E-state index in [4.69, 9.17) is 0 Å². The van der Waals surface area contributed by atoms with E-state index in [1.54, 1.807) is 0 Å². The summed E-state index contributed by atoms with van der Waals surface area (Å²) >= 11 is 1.85. The van der Waals surface area contributed by atoms with Gasteiger partial charge in [-0.2, -0.15) is 11.8 Å². The Morgan fingerprint density at radius 1 is 1.33 bits per heavy atom. The third-order valence-electron chi connectivity index (χ3n) is 1.68. The Hall–Kier alpha value is -0.630. The quantitative estimate of drug-likeness (QED) is 0.766. The Morgan fingerprint density at radius 2 is 2.08 bits per heavy atom. The molecule has 0 amide bonds. The Bertz CT molecular complexity index is 210. The third kappa shape index (κ3) is 2.45. The number of nitrogens with one attached hydrogen (secondary N) is 1. The van der Waals surface area contributed by atoms with E-state index in [0.29, 0.717) is 0 Å². The molecule has 0 aromatic heterocycles. The molecule has 0 atom stereocenters. The summed E-state index contributed by atoms with van der Waals surface area (Å²) in [6.45, 7) is 3.11. The van der Waals surface area contributed by atoms with Gasteiger partial charge in [0, 0.05) is 18.0 Å². The zero-order valence-corrected chi connectivity index (χ0v) is 8.45. The van der Waals surface area contributed by atoms with Gasteiger partial charge in [0.1, 0.15) is 0 Å². The zero-order valence-electron chi connectivity index (χ0n) is 7.63. The number of para-hydroxylation sites is 1. The van der Waals surface area contributed by atoms with Gasteiger partial charge in [-0.25, -0.2) is 0 Å². The number of anilines is 1. The molecule has 1 rings (SSSR count). The Kier molecular flexibility index (Phi) is 4.01. The highest BCUT2D eigenvalue weighted by Crippen LogP contribution is 2.18. The van der Waals surface area contributed by atoms with Crippen molar-refractivity contribution in [1.82, 2.24) is 0 Å². The lowest BCUT2D eigenvalue weighted by molar-refractivity contribution is 1.19. The van der Waals surface area contributed by atoms with Crippen molar-refractivity contribution in [3.63, 3.8) is 0 Å². The number of hydrogen-bond donors (Lipinski definition) is 1. The second kappa shape index (κ2) is 5.09. The van der Waals surface area contributed by atoms with E-state index in [9.17, 15) is 0 Å². The van der Waals surface area contributed by atoms with Crippen LogP contribution in [0, 0.1) is 0 Å². The first-order chi connectivity index (χ1) is 5.88. The predicted molar refractivity (Wildman–Crippen MR) is 57.8 cm³/mol. The number of benzene rings is 1. The van der Waals surface area contributed by atoms with Crippen LogP contribution in [0.25, 0.3) is 0 Å². The van der Waals surface area contributed by atoms with Crippen LogP contribution in [0.1, 0.15) is 12.5 Å². The molecule has 2 heteroatoms. The highest BCUT2D eigenvalue weighted by atomic mass is 32.2. The van der Waals surface area contributed by atoms with Crippen LogP contribution < -0.4 is 5.32 Å². The molecule has 0 saturated heterocycles. The van der Waals surface area contributed by atoms with E-state index in [0.717, 1.165) is 12.3 Å². The predicted octanol–water partition coefficient (Wildman–Crippen LogP) is 2.98. The van der Waals surface area contributed by atoms with Crippen molar-refractivity contribution in [1.29, 1.82) is 0 Å². The van der Waals surface area contributed by atoms with Gasteiger partial charge < -0.3 is 5.32 Å². The lowest BCUT2D eigenvalue weighted by atomic mass is 10.2. The summed E-state index contributed by atoms with van der Waals surface area (Å²) in [4.78, 5) is 0. The SMILES string of the molecule is CCNc1ccccc1CSC. The van der Waals surface area contributed by atoms with Gasteiger partial charge in [-0.05, 0) is 24.8 Å². The van der Waals surface area contributed by atoms with E-state index < -0.39 is 0 Å². The lowest BCUT2D eigenvalue weighted by Crippen LogP contribution is -1.99. The van der Waals surface area contributed by atoms with Gasteiger partial charge in [0.05, 0.1) is 0 Å². The second-order valence-electron chi connectivity index (χ2n) is 2.62. The fourth-order valence-corrected chi connectivity index (χ4v) is 1.73. The molecular weight excluding hydrogens is 166 g/mol. The molecule has 1 N–H and O–H groups in total. The van der Waals surface area contributed by atoms with Crippen LogP contribution in [0.5, 0.6) is 0 Å². The third-order valence-corrected chi connectivity index (χ3v) is 2.28. The lowest BCUT2D eigenvalue weighted by Gasteiger charge is -2.08. The molecule has 1 nitrogen and oxygen atoms in total. The summed E-state index contributed by atoms with van der Waals surface area (Å²) in [5, 5.41) is 3.35. The number of hydrogen-bond acceptors (Lipinski definition) is 2. The maximum absolute atomic E-state index is 3.35. The average molecular weight is 181 g/mol. The molecule has 0 heterocycles. The minimum absolute atomic E-state index is 0.991. The first kappa shape index (κ1) is 9.46. The molecule has 12 heavy (non-hydrogen) atoms. The van der Waals surface area contributed by atoms with Gasteiger partial charge in [0.15, 0.2) is 0 Å². The highest BCUT2D eigenvalue weighted by molar-refractivity contribution is 7.97. The molecule has 0 fully saturated rings. The van der Waals surface area contributed by atoms with Crippen LogP contribution in [-0.2, 0) is 5.75 Å². The molecular formula is C10H15NS. The van der Waals surface area contributed by atoms with E-state index in [1.165, 1.54) is 11.3 Å². The van der Waals surface area contributed by atoms with Crippen LogP contribution in [-0.4, -0.2) is 12.8 Å². The van der Waals surface area contributed by atoms with Crippen molar-refractivity contribution in [2.75, 3.05) is 18.1 Å². The topological polar surface area (TPSA) is 12.0 Å². The summed E-state index contributed by atoms with van der Waals surface area (Å²) in [5.41, 5.74) is 2.67. The largest absolute Gasteiger partial charge is 0.385 e. The molecule has 66 valence electrons. The highest BCUT2D eigenvalue weighted by Gasteiger charge is 1.97. The molecule has 0 aliphatic carbocycles. The summed E-state index contributed by atoms with van der Waals surface area (Å²) in [7, 11) is 0. The molecule has 0 aliphatic rings. The molecule has 0 bridgehead atoms. The fraction of sp³-hybridized carbons (Fsp3) is 0.400. The maximum atomic E-state index is 3.35. The molecule has 0 unspecified atom stereocenters. The van der Waals surface area contributed by atoms with Gasteiger partial charge in [-0.3, -0.25) is 0 Å². The molecule has 0 radical (unpaired) electrons. The van der Waals surface area contributed by atoms with Crippen molar-refractivity contribution in [2.45, 2.75) is 12.7 Å². The Labute approximate surface area is 78.6 Å². The Balaban J connectivity index is 2.77. The standard InChI is InChI=1S/C10H15NS/c1-3-11-10-7-5-4-6-9(10)8-12-2/h4-7,11H,3,8H2,1-2H3. The minimum atomic E-state index is 0.991. The van der Waals surface area contributed by atoms with Crippen molar-refractivity contribution in [3.8, 4) is 0 Å². The summed E-state index contributed by atoms with van der Waals surface area (Å²) in [6.07, 6.45) is 2.13. The summed E-state index contributed by atoms with van der Waals surface area (Å²) in [6, 6.07) is 8.47. The number of rotatable bonds is 4. The van der Waals surface area contributed by atoms with Gasteiger partial charge in [0.2, 0.25) is 0 Å². The zero-order chi connectivity index (χ0) is 8.81. The monoisotopic (exact) mass is 181 g/mol. The normalized spacial score (nSPS) is 9.83. The maximum Gasteiger partial charge on any atom is 0.0381 e. The molecule has 0 aliphatic heterocycles. The summed E-state index contributed by atoms with van der Waals surface area (Å²) < 4.78 is 0. The smallest absolute Gasteiger partial charge is 0.0381 e. The van der Waals surface area contributed by atoms with Gasteiger partial charge in [0.25, 0.3) is 0 Å². The van der Waals surface area contributed by atoms with Crippen LogP contribution in [0.4, 0.5) is 5.69 Å². The molecule has 0 saturated carbocycles. The van der Waals surface area contributed by atoms with Crippen LogP contribution in [0.2, 0.25) is 0 Å². The van der Waals surface area contributed by atoms with Crippen molar-refractivity contribution >= 4 is 17.4 Å². The Morgan fingerprint density at radius 3 is 2.75 bits per heavy atom. The van der Waals surface area contributed by atoms with E-state index >= 15 is 0 Å². The van der Waals surface area contributed by atoms with E-state index in [2.05, 4.69) is 42.8 Å². The first-order valence-corrected chi connectivity index (χ1v) is 5.58. The molecule has 1 aromatic carbocycles. The molecule has 1 aromatic rings. The van der Waals surface area contributed by atoms with Crippen LogP contribution in [0.15, 0.2) is 24.3 Å². The van der Waals surface area contributed by atoms with E-state index in [-0.39, 0.29) is 0 Å². The van der Waals surface area contributed by atoms with Crippen LogP contribution >= 0.6 is 11.8 Å². The fourth-order valence-electron chi connectivity index (χ4n) is 1.16.